The van der Waals surface area contributed by atoms with Gasteiger partial charge in [-0.15, -0.1) is 0 Å². The zero-order valence-electron chi connectivity index (χ0n) is 6.05. The van der Waals surface area contributed by atoms with E-state index in [9.17, 15) is 0 Å². The molecule has 0 radical (unpaired) electrons. The molecule has 0 bridgehead atoms. The molecule has 1 aromatic heterocycles. The van der Waals surface area contributed by atoms with Crippen molar-refractivity contribution in [3.63, 3.8) is 0 Å². The van der Waals surface area contributed by atoms with Crippen LogP contribution in [0.1, 0.15) is 5.56 Å². The van der Waals surface area contributed by atoms with Crippen LogP contribution < -0.4 is 5.73 Å². The SMILES string of the molecule is NC(=S)Cc1cnc(Cl)cc1Cl. The maximum absolute atomic E-state index is 5.83. The predicted octanol–water partition coefficient (Wildman–Crippen LogP) is 2.22. The fourth-order valence-corrected chi connectivity index (χ4v) is 1.34. The summed E-state index contributed by atoms with van der Waals surface area (Å²) < 4.78 is 0. The molecule has 5 heteroatoms. The van der Waals surface area contributed by atoms with Gasteiger partial charge in [-0.05, 0) is 11.6 Å². The summed E-state index contributed by atoms with van der Waals surface area (Å²) in [5.41, 5.74) is 6.14. The molecule has 0 aliphatic heterocycles. The van der Waals surface area contributed by atoms with Crippen LogP contribution in [0.4, 0.5) is 0 Å². The largest absolute Gasteiger partial charge is 0.393 e. The molecule has 12 heavy (non-hydrogen) atoms. The average molecular weight is 221 g/mol. The monoisotopic (exact) mass is 220 g/mol. The van der Waals surface area contributed by atoms with Gasteiger partial charge in [0.25, 0.3) is 0 Å². The van der Waals surface area contributed by atoms with Gasteiger partial charge in [0, 0.05) is 17.6 Å². The Kier molecular flexibility index (Phi) is 3.26. The maximum Gasteiger partial charge on any atom is 0.130 e. The highest BCUT2D eigenvalue weighted by molar-refractivity contribution is 7.80. The third kappa shape index (κ3) is 2.59. The molecule has 0 saturated carbocycles. The lowest BCUT2D eigenvalue weighted by Crippen LogP contribution is -2.11. The van der Waals surface area contributed by atoms with Crippen LogP contribution in [0.5, 0.6) is 0 Å². The molecule has 1 heterocycles. The number of halogens is 2. The van der Waals surface area contributed by atoms with Crippen LogP contribution in [0.3, 0.4) is 0 Å². The van der Waals surface area contributed by atoms with Crippen LogP contribution >= 0.6 is 35.4 Å². The van der Waals surface area contributed by atoms with Crippen LogP contribution in [0, 0.1) is 0 Å². The van der Waals surface area contributed by atoms with E-state index in [1.807, 2.05) is 0 Å². The summed E-state index contributed by atoms with van der Waals surface area (Å²) in [7, 11) is 0. The van der Waals surface area contributed by atoms with Gasteiger partial charge in [0.2, 0.25) is 0 Å². The fraction of sp³-hybridized carbons (Fsp3) is 0.143. The van der Waals surface area contributed by atoms with Crippen molar-refractivity contribution in [1.29, 1.82) is 0 Å². The Bertz CT molecular complexity index is 314. The first kappa shape index (κ1) is 9.71. The number of rotatable bonds is 2. The lowest BCUT2D eigenvalue weighted by molar-refractivity contribution is 1.22. The Labute approximate surface area is 85.7 Å². The minimum absolute atomic E-state index is 0.367. The van der Waals surface area contributed by atoms with E-state index in [1.54, 1.807) is 12.3 Å². The van der Waals surface area contributed by atoms with Gasteiger partial charge in [-0.3, -0.25) is 0 Å². The molecule has 0 unspecified atom stereocenters. The first-order valence-corrected chi connectivity index (χ1v) is 4.34. The number of nitrogens with zero attached hydrogens (tertiary/aromatic N) is 1. The molecule has 0 amide bonds. The number of hydrogen-bond acceptors (Lipinski definition) is 2. The number of nitrogens with two attached hydrogens (primary N) is 1. The van der Waals surface area contributed by atoms with Crippen LogP contribution in [0.15, 0.2) is 12.3 Å². The van der Waals surface area contributed by atoms with Crippen molar-refractivity contribution >= 4 is 40.4 Å². The third-order valence-electron chi connectivity index (χ3n) is 1.26. The normalized spacial score (nSPS) is 9.83. The molecule has 0 spiro atoms. The van der Waals surface area contributed by atoms with Crippen molar-refractivity contribution in [2.24, 2.45) is 5.73 Å². The van der Waals surface area contributed by atoms with Gasteiger partial charge in [0.05, 0.1) is 4.99 Å². The van der Waals surface area contributed by atoms with Crippen molar-refractivity contribution < 1.29 is 0 Å². The van der Waals surface area contributed by atoms with Crippen molar-refractivity contribution in [3.8, 4) is 0 Å². The van der Waals surface area contributed by atoms with Crippen LogP contribution in [0.25, 0.3) is 0 Å². The molecule has 0 aliphatic carbocycles. The summed E-state index contributed by atoms with van der Waals surface area (Å²) in [6.07, 6.45) is 2.03. The topological polar surface area (TPSA) is 38.9 Å². The standard InChI is InChI=1S/C7H6Cl2N2S/c8-5-2-6(9)11-3-4(5)1-7(10)12/h2-3H,1H2,(H2,10,12). The van der Waals surface area contributed by atoms with Crippen molar-refractivity contribution in [2.75, 3.05) is 0 Å². The summed E-state index contributed by atoms with van der Waals surface area (Å²) in [5.74, 6) is 0. The molecule has 0 aliphatic rings. The summed E-state index contributed by atoms with van der Waals surface area (Å²) in [5, 5.41) is 0.912. The second-order valence-corrected chi connectivity index (χ2v) is 3.56. The summed E-state index contributed by atoms with van der Waals surface area (Å²) in [6, 6.07) is 1.57. The fourth-order valence-electron chi connectivity index (χ4n) is 0.754. The molecule has 2 nitrogen and oxygen atoms in total. The minimum atomic E-state index is 0.367. The maximum atomic E-state index is 5.83. The van der Waals surface area contributed by atoms with E-state index in [-0.39, 0.29) is 0 Å². The molecule has 1 rings (SSSR count). The molecule has 0 atom stereocenters. The van der Waals surface area contributed by atoms with Gasteiger partial charge >= 0.3 is 0 Å². The Morgan fingerprint density at radius 2 is 2.25 bits per heavy atom. The average Bonchev–Trinajstić information content (AvgIpc) is 1.94. The second-order valence-electron chi connectivity index (χ2n) is 2.24. The van der Waals surface area contributed by atoms with Crippen molar-refractivity contribution in [2.45, 2.75) is 6.42 Å². The molecular weight excluding hydrogens is 215 g/mol. The molecule has 64 valence electrons. The van der Waals surface area contributed by atoms with E-state index >= 15 is 0 Å². The first-order valence-electron chi connectivity index (χ1n) is 3.18. The number of aromatic nitrogens is 1. The van der Waals surface area contributed by atoms with Crippen molar-refractivity contribution in [3.05, 3.63) is 28.0 Å². The molecule has 1 aromatic rings. The van der Waals surface area contributed by atoms with Gasteiger partial charge in [-0.25, -0.2) is 4.98 Å². The lowest BCUT2D eigenvalue weighted by Gasteiger charge is -2.01. The Morgan fingerprint density at radius 3 is 2.75 bits per heavy atom. The zero-order valence-corrected chi connectivity index (χ0v) is 8.38. The van der Waals surface area contributed by atoms with Crippen LogP contribution in [0.2, 0.25) is 10.2 Å². The van der Waals surface area contributed by atoms with Gasteiger partial charge in [0.15, 0.2) is 0 Å². The van der Waals surface area contributed by atoms with E-state index in [2.05, 4.69) is 4.98 Å². The molecular formula is C7H6Cl2N2S. The van der Waals surface area contributed by atoms with E-state index < -0.39 is 0 Å². The predicted molar refractivity (Wildman–Crippen MR) is 54.7 cm³/mol. The van der Waals surface area contributed by atoms with E-state index in [0.717, 1.165) is 5.56 Å². The third-order valence-corrected chi connectivity index (χ3v) is 1.96. The summed E-state index contributed by atoms with van der Waals surface area (Å²) in [6.45, 7) is 0. The zero-order chi connectivity index (χ0) is 9.14. The Hall–Kier alpha value is -0.380. The lowest BCUT2D eigenvalue weighted by atomic mass is 10.2. The van der Waals surface area contributed by atoms with Gasteiger partial charge in [-0.1, -0.05) is 35.4 Å². The summed E-state index contributed by atoms with van der Waals surface area (Å²) in [4.78, 5) is 4.25. The van der Waals surface area contributed by atoms with E-state index in [0.29, 0.717) is 21.6 Å². The summed E-state index contributed by atoms with van der Waals surface area (Å²) >= 11 is 16.2. The van der Waals surface area contributed by atoms with Gasteiger partial charge < -0.3 is 5.73 Å². The number of hydrogen-bond donors (Lipinski definition) is 1. The highest BCUT2D eigenvalue weighted by atomic mass is 35.5. The molecule has 0 fully saturated rings. The van der Waals surface area contributed by atoms with E-state index in [4.69, 9.17) is 41.2 Å². The first-order chi connectivity index (χ1) is 5.59. The quantitative estimate of drug-likeness (QED) is 0.614. The highest BCUT2D eigenvalue weighted by Gasteiger charge is 2.02. The van der Waals surface area contributed by atoms with E-state index in [1.165, 1.54) is 0 Å². The Morgan fingerprint density at radius 1 is 1.58 bits per heavy atom. The molecule has 2 N–H and O–H groups in total. The minimum Gasteiger partial charge on any atom is -0.393 e. The highest BCUT2D eigenvalue weighted by Crippen LogP contribution is 2.18. The van der Waals surface area contributed by atoms with Crippen molar-refractivity contribution in [1.82, 2.24) is 4.98 Å². The number of thiocarbonyl (C=S) groups is 1. The van der Waals surface area contributed by atoms with Crippen LogP contribution in [-0.4, -0.2) is 9.97 Å². The smallest absolute Gasteiger partial charge is 0.130 e. The molecule has 0 aromatic carbocycles. The van der Waals surface area contributed by atoms with Crippen LogP contribution in [-0.2, 0) is 6.42 Å². The van der Waals surface area contributed by atoms with Gasteiger partial charge in [0.1, 0.15) is 5.15 Å². The van der Waals surface area contributed by atoms with Gasteiger partial charge in [-0.2, -0.15) is 0 Å². The second kappa shape index (κ2) is 4.03. The number of pyridine rings is 1. The molecule has 0 saturated heterocycles. The Balaban J connectivity index is 2.93.